The van der Waals surface area contributed by atoms with E-state index in [1.807, 2.05) is 0 Å². The number of benzene rings is 1. The number of piperidine rings is 1. The lowest BCUT2D eigenvalue weighted by molar-refractivity contribution is -0.151. The van der Waals surface area contributed by atoms with Gasteiger partial charge in [0, 0.05) is 13.1 Å². The normalized spacial score (nSPS) is 17.7. The van der Waals surface area contributed by atoms with Crippen molar-refractivity contribution in [3.8, 4) is 5.75 Å². The van der Waals surface area contributed by atoms with Gasteiger partial charge >= 0.3 is 12.6 Å². The summed E-state index contributed by atoms with van der Waals surface area (Å²) in [6.07, 6.45) is 1.64. The summed E-state index contributed by atoms with van der Waals surface area (Å²) in [5.41, 5.74) is 0.708. The van der Waals surface area contributed by atoms with Crippen molar-refractivity contribution in [1.82, 2.24) is 4.90 Å². The summed E-state index contributed by atoms with van der Waals surface area (Å²) >= 11 is 0. The van der Waals surface area contributed by atoms with Crippen LogP contribution in [0, 0.1) is 5.92 Å². The third-order valence-electron chi connectivity index (χ3n) is 3.90. The summed E-state index contributed by atoms with van der Waals surface area (Å²) < 4.78 is 33.5. The summed E-state index contributed by atoms with van der Waals surface area (Å²) in [7, 11) is 0. The number of carbonyl (C=O) groups excluding carboxylic acids is 2. The standard InChI is InChI=1S/C17H21F2NO4/c1-2-23-16(22)13-4-3-9-20(11-13)15(21)10-12-5-7-14(8-6-12)24-17(18)19/h5-8,13,17H,2-4,9-11H2,1H3. The van der Waals surface area contributed by atoms with Crippen LogP contribution in [-0.4, -0.2) is 43.1 Å². The molecule has 1 heterocycles. The number of hydrogen-bond acceptors (Lipinski definition) is 4. The number of ether oxygens (including phenoxy) is 2. The molecule has 1 fully saturated rings. The Morgan fingerprint density at radius 1 is 1.29 bits per heavy atom. The lowest BCUT2D eigenvalue weighted by atomic mass is 9.97. The van der Waals surface area contributed by atoms with Gasteiger partial charge in [0.2, 0.25) is 5.91 Å². The molecular weight excluding hydrogens is 320 g/mol. The van der Waals surface area contributed by atoms with Crippen LogP contribution in [0.5, 0.6) is 5.75 Å². The molecule has 7 heteroatoms. The van der Waals surface area contributed by atoms with E-state index in [2.05, 4.69) is 4.74 Å². The number of nitrogens with zero attached hydrogens (tertiary/aromatic N) is 1. The molecule has 2 rings (SSSR count). The van der Waals surface area contributed by atoms with Crippen molar-refractivity contribution >= 4 is 11.9 Å². The fraction of sp³-hybridized carbons (Fsp3) is 0.529. The quantitative estimate of drug-likeness (QED) is 0.747. The minimum Gasteiger partial charge on any atom is -0.466 e. The average molecular weight is 341 g/mol. The molecule has 0 spiro atoms. The van der Waals surface area contributed by atoms with E-state index in [0.29, 0.717) is 25.3 Å². The maximum Gasteiger partial charge on any atom is 0.387 e. The Labute approximate surface area is 139 Å². The van der Waals surface area contributed by atoms with Crippen molar-refractivity contribution in [1.29, 1.82) is 0 Å². The van der Waals surface area contributed by atoms with Crippen LogP contribution in [0.15, 0.2) is 24.3 Å². The number of likely N-dealkylation sites (tertiary alicyclic amines) is 1. The van der Waals surface area contributed by atoms with Crippen LogP contribution in [0.25, 0.3) is 0 Å². The molecule has 1 unspecified atom stereocenters. The van der Waals surface area contributed by atoms with E-state index in [0.717, 1.165) is 12.8 Å². The van der Waals surface area contributed by atoms with Crippen molar-refractivity contribution < 1.29 is 27.8 Å². The summed E-state index contributed by atoms with van der Waals surface area (Å²) in [5.74, 6) is -0.568. The first kappa shape index (κ1) is 18.2. The average Bonchev–Trinajstić information content (AvgIpc) is 2.56. The fourth-order valence-electron chi connectivity index (χ4n) is 2.73. The van der Waals surface area contributed by atoms with E-state index in [4.69, 9.17) is 4.74 Å². The van der Waals surface area contributed by atoms with Crippen LogP contribution in [-0.2, 0) is 20.7 Å². The molecule has 1 atom stereocenters. The second kappa shape index (κ2) is 8.61. The third kappa shape index (κ3) is 5.18. The second-order valence-electron chi connectivity index (χ2n) is 5.63. The second-order valence-corrected chi connectivity index (χ2v) is 5.63. The Morgan fingerprint density at radius 3 is 2.62 bits per heavy atom. The number of carbonyl (C=O) groups is 2. The predicted octanol–water partition coefficient (Wildman–Crippen LogP) is 2.63. The predicted molar refractivity (Wildman–Crippen MR) is 82.7 cm³/mol. The van der Waals surface area contributed by atoms with Crippen LogP contribution in [0.1, 0.15) is 25.3 Å². The van der Waals surface area contributed by atoms with Gasteiger partial charge in [0.1, 0.15) is 5.75 Å². The van der Waals surface area contributed by atoms with E-state index in [1.165, 1.54) is 12.1 Å². The number of halogens is 2. The van der Waals surface area contributed by atoms with Gasteiger partial charge in [-0.15, -0.1) is 0 Å². The van der Waals surface area contributed by atoms with Gasteiger partial charge in [0.05, 0.1) is 18.9 Å². The molecule has 1 aliphatic heterocycles. The first-order valence-electron chi connectivity index (χ1n) is 7.97. The molecule has 0 aromatic heterocycles. The molecule has 0 saturated carbocycles. The lowest BCUT2D eigenvalue weighted by Crippen LogP contribution is -2.43. The van der Waals surface area contributed by atoms with Crippen molar-refractivity contribution in [3.05, 3.63) is 29.8 Å². The topological polar surface area (TPSA) is 55.8 Å². The summed E-state index contributed by atoms with van der Waals surface area (Å²) in [5, 5.41) is 0. The van der Waals surface area contributed by atoms with Gasteiger partial charge in [-0.2, -0.15) is 8.78 Å². The van der Waals surface area contributed by atoms with Gasteiger partial charge in [-0.1, -0.05) is 12.1 Å². The van der Waals surface area contributed by atoms with Crippen molar-refractivity contribution in [2.75, 3.05) is 19.7 Å². The molecule has 132 valence electrons. The van der Waals surface area contributed by atoms with Crippen LogP contribution in [0.2, 0.25) is 0 Å². The molecule has 0 aliphatic carbocycles. The molecule has 5 nitrogen and oxygen atoms in total. The van der Waals surface area contributed by atoms with Gasteiger partial charge in [-0.25, -0.2) is 0 Å². The Balaban J connectivity index is 1.90. The zero-order valence-electron chi connectivity index (χ0n) is 13.5. The van der Waals surface area contributed by atoms with E-state index < -0.39 is 6.61 Å². The van der Waals surface area contributed by atoms with E-state index in [9.17, 15) is 18.4 Å². The maximum absolute atomic E-state index is 12.4. The molecule has 1 saturated heterocycles. The van der Waals surface area contributed by atoms with Gasteiger partial charge in [0.15, 0.2) is 0 Å². The zero-order chi connectivity index (χ0) is 17.5. The Bertz CT molecular complexity index is 562. The molecular formula is C17H21F2NO4. The highest BCUT2D eigenvalue weighted by molar-refractivity contribution is 5.80. The fourth-order valence-corrected chi connectivity index (χ4v) is 2.73. The highest BCUT2D eigenvalue weighted by atomic mass is 19.3. The molecule has 1 aromatic rings. The molecule has 0 bridgehead atoms. The third-order valence-corrected chi connectivity index (χ3v) is 3.90. The zero-order valence-corrected chi connectivity index (χ0v) is 13.5. The van der Waals surface area contributed by atoms with Crippen LogP contribution >= 0.6 is 0 Å². The smallest absolute Gasteiger partial charge is 0.387 e. The molecule has 1 aromatic carbocycles. The summed E-state index contributed by atoms with van der Waals surface area (Å²) in [6.45, 7) is 0.193. The monoisotopic (exact) mass is 341 g/mol. The number of amides is 1. The van der Waals surface area contributed by atoms with Gasteiger partial charge < -0.3 is 14.4 Å². The van der Waals surface area contributed by atoms with E-state index in [1.54, 1.807) is 24.0 Å². The SMILES string of the molecule is CCOC(=O)C1CCCN(C(=O)Cc2ccc(OC(F)F)cc2)C1. The molecule has 24 heavy (non-hydrogen) atoms. The summed E-state index contributed by atoms with van der Waals surface area (Å²) in [4.78, 5) is 25.9. The van der Waals surface area contributed by atoms with Gasteiger partial charge in [-0.05, 0) is 37.5 Å². The molecule has 1 aliphatic rings. The number of rotatable bonds is 6. The number of alkyl halides is 2. The number of hydrogen-bond donors (Lipinski definition) is 0. The largest absolute Gasteiger partial charge is 0.466 e. The molecule has 1 amide bonds. The van der Waals surface area contributed by atoms with Crippen LogP contribution < -0.4 is 4.74 Å². The van der Waals surface area contributed by atoms with Crippen LogP contribution in [0.3, 0.4) is 0 Å². The lowest BCUT2D eigenvalue weighted by Gasteiger charge is -2.31. The highest BCUT2D eigenvalue weighted by Gasteiger charge is 2.29. The maximum atomic E-state index is 12.4. The van der Waals surface area contributed by atoms with Gasteiger partial charge in [-0.3, -0.25) is 9.59 Å². The summed E-state index contributed by atoms with van der Waals surface area (Å²) in [6, 6.07) is 5.99. The first-order chi connectivity index (χ1) is 11.5. The van der Waals surface area contributed by atoms with Crippen molar-refractivity contribution in [3.63, 3.8) is 0 Å². The minimum atomic E-state index is -2.87. The Kier molecular flexibility index (Phi) is 6.52. The van der Waals surface area contributed by atoms with E-state index in [-0.39, 0.29) is 30.0 Å². The molecule has 0 N–H and O–H groups in total. The van der Waals surface area contributed by atoms with Crippen molar-refractivity contribution in [2.24, 2.45) is 5.92 Å². The Hall–Kier alpha value is -2.18. The number of esters is 1. The minimum absolute atomic E-state index is 0.0570. The molecule has 0 radical (unpaired) electrons. The highest BCUT2D eigenvalue weighted by Crippen LogP contribution is 2.20. The van der Waals surface area contributed by atoms with Gasteiger partial charge in [0.25, 0.3) is 0 Å². The van der Waals surface area contributed by atoms with E-state index >= 15 is 0 Å². The van der Waals surface area contributed by atoms with Crippen molar-refractivity contribution in [2.45, 2.75) is 32.8 Å². The Morgan fingerprint density at radius 2 is 2.00 bits per heavy atom. The first-order valence-corrected chi connectivity index (χ1v) is 7.97. The van der Waals surface area contributed by atoms with Crippen LogP contribution in [0.4, 0.5) is 8.78 Å².